The van der Waals surface area contributed by atoms with Crippen molar-refractivity contribution in [3.05, 3.63) is 11.4 Å². The molecule has 0 saturated carbocycles. The Kier molecular flexibility index (Phi) is 3.62. The summed E-state index contributed by atoms with van der Waals surface area (Å²) in [4.78, 5) is 0.371. The molecule has 1 aromatic heterocycles. The van der Waals surface area contributed by atoms with E-state index in [-0.39, 0.29) is 12.2 Å². The molecule has 0 spiro atoms. The number of nitrogens with zero attached hydrogens (tertiary/aromatic N) is 3. The third kappa shape index (κ3) is 2.41. The summed E-state index contributed by atoms with van der Waals surface area (Å²) in [5, 5.41) is 4.24. The maximum atomic E-state index is 12.9. The lowest BCUT2D eigenvalue weighted by Crippen LogP contribution is -2.44. The van der Waals surface area contributed by atoms with Crippen LogP contribution in [-0.4, -0.2) is 47.8 Å². The van der Waals surface area contributed by atoms with Crippen molar-refractivity contribution in [2.24, 2.45) is 13.0 Å². The van der Waals surface area contributed by atoms with E-state index in [0.29, 0.717) is 35.3 Å². The standard InChI is InChI=1S/C14H23N3O3S/c1-9-7-12-8-17(6-5-13(12)20-9)21(18,19)14-10(2)15-16(4)11(14)3/h9,12-13H,5-8H2,1-4H3/t9-,12-,13-/m0/s1. The highest BCUT2D eigenvalue weighted by atomic mass is 32.2. The van der Waals surface area contributed by atoms with E-state index in [1.54, 1.807) is 29.9 Å². The highest BCUT2D eigenvalue weighted by molar-refractivity contribution is 7.89. The molecule has 6 nitrogen and oxygen atoms in total. The third-order valence-electron chi connectivity index (χ3n) is 4.71. The van der Waals surface area contributed by atoms with Gasteiger partial charge in [-0.25, -0.2) is 8.42 Å². The van der Waals surface area contributed by atoms with Gasteiger partial charge in [-0.05, 0) is 33.6 Å². The molecular weight excluding hydrogens is 290 g/mol. The SMILES string of the molecule is Cc1nn(C)c(C)c1S(=O)(=O)N1CC[C@@H]2O[C@@H](C)C[C@H]2C1. The minimum absolute atomic E-state index is 0.225. The predicted molar refractivity (Wildman–Crippen MR) is 78.5 cm³/mol. The smallest absolute Gasteiger partial charge is 0.246 e. The first-order chi connectivity index (χ1) is 9.80. The lowest BCUT2D eigenvalue weighted by atomic mass is 9.94. The number of sulfonamides is 1. The average Bonchev–Trinajstić information content (AvgIpc) is 2.88. The molecule has 118 valence electrons. The number of ether oxygens (including phenoxy) is 1. The average molecular weight is 313 g/mol. The van der Waals surface area contributed by atoms with Crippen LogP contribution in [0.4, 0.5) is 0 Å². The number of aromatic nitrogens is 2. The Morgan fingerprint density at radius 1 is 1.33 bits per heavy atom. The second kappa shape index (κ2) is 5.07. The van der Waals surface area contributed by atoms with Crippen LogP contribution in [0, 0.1) is 19.8 Å². The van der Waals surface area contributed by atoms with Crippen LogP contribution in [0.1, 0.15) is 31.2 Å². The van der Waals surface area contributed by atoms with E-state index < -0.39 is 10.0 Å². The minimum Gasteiger partial charge on any atom is -0.375 e. The molecule has 0 N–H and O–H groups in total. The molecule has 0 aromatic carbocycles. The van der Waals surface area contributed by atoms with Crippen molar-refractivity contribution < 1.29 is 13.2 Å². The lowest BCUT2D eigenvalue weighted by Gasteiger charge is -2.33. The first-order valence-corrected chi connectivity index (χ1v) is 8.90. The molecule has 7 heteroatoms. The molecule has 0 amide bonds. The van der Waals surface area contributed by atoms with Gasteiger partial charge in [0.2, 0.25) is 10.0 Å². The Labute approximate surface area is 126 Å². The summed E-state index contributed by atoms with van der Waals surface area (Å²) in [6.45, 7) is 6.72. The van der Waals surface area contributed by atoms with E-state index in [1.165, 1.54) is 0 Å². The molecule has 3 atom stereocenters. The van der Waals surface area contributed by atoms with E-state index in [2.05, 4.69) is 12.0 Å². The van der Waals surface area contributed by atoms with Crippen LogP contribution in [0.3, 0.4) is 0 Å². The van der Waals surface area contributed by atoms with Crippen molar-refractivity contribution in [2.45, 2.75) is 50.7 Å². The summed E-state index contributed by atoms with van der Waals surface area (Å²) in [6, 6.07) is 0. The van der Waals surface area contributed by atoms with Gasteiger partial charge in [0.05, 0.1) is 23.6 Å². The summed E-state index contributed by atoms with van der Waals surface area (Å²) >= 11 is 0. The Hall–Kier alpha value is -0.920. The second-order valence-corrected chi connectivity index (χ2v) is 8.13. The van der Waals surface area contributed by atoms with E-state index in [1.807, 2.05) is 0 Å². The molecule has 0 aliphatic carbocycles. The first kappa shape index (κ1) is 15.0. The highest BCUT2D eigenvalue weighted by Crippen LogP contribution is 2.35. The molecule has 0 radical (unpaired) electrons. The fraction of sp³-hybridized carbons (Fsp3) is 0.786. The van der Waals surface area contributed by atoms with Gasteiger partial charge in [0.15, 0.2) is 0 Å². The van der Waals surface area contributed by atoms with Gasteiger partial charge in [0, 0.05) is 26.1 Å². The topological polar surface area (TPSA) is 64.4 Å². The van der Waals surface area contributed by atoms with Crippen molar-refractivity contribution in [1.82, 2.24) is 14.1 Å². The number of rotatable bonds is 2. The Bertz CT molecular complexity index is 653. The molecule has 2 aliphatic heterocycles. The van der Waals surface area contributed by atoms with Crippen LogP contribution in [-0.2, 0) is 21.8 Å². The molecular formula is C14H23N3O3S. The van der Waals surface area contributed by atoms with Crippen LogP contribution in [0.15, 0.2) is 4.90 Å². The molecule has 2 aliphatic rings. The van der Waals surface area contributed by atoms with Crippen LogP contribution in [0.2, 0.25) is 0 Å². The first-order valence-electron chi connectivity index (χ1n) is 7.46. The second-order valence-electron chi connectivity index (χ2n) is 6.26. The largest absolute Gasteiger partial charge is 0.375 e. The van der Waals surface area contributed by atoms with E-state index in [9.17, 15) is 8.42 Å². The number of fused-ring (bicyclic) bond motifs is 1. The third-order valence-corrected chi connectivity index (χ3v) is 6.83. The summed E-state index contributed by atoms with van der Waals surface area (Å²) in [7, 11) is -1.69. The lowest BCUT2D eigenvalue weighted by molar-refractivity contribution is 0.0206. The van der Waals surface area contributed by atoms with Crippen molar-refractivity contribution in [3.8, 4) is 0 Å². The molecule has 2 fully saturated rings. The van der Waals surface area contributed by atoms with Crippen LogP contribution in [0.25, 0.3) is 0 Å². The highest BCUT2D eigenvalue weighted by Gasteiger charge is 2.42. The molecule has 3 heterocycles. The monoisotopic (exact) mass is 313 g/mol. The van der Waals surface area contributed by atoms with Gasteiger partial charge in [-0.1, -0.05) is 0 Å². The van der Waals surface area contributed by atoms with Crippen molar-refractivity contribution >= 4 is 10.0 Å². The molecule has 3 rings (SSSR count). The Morgan fingerprint density at radius 3 is 2.67 bits per heavy atom. The predicted octanol–water partition coefficient (Wildman–Crippen LogP) is 1.22. The van der Waals surface area contributed by atoms with Crippen molar-refractivity contribution in [3.63, 3.8) is 0 Å². The van der Waals surface area contributed by atoms with Crippen molar-refractivity contribution in [1.29, 1.82) is 0 Å². The molecule has 0 bridgehead atoms. The van der Waals surface area contributed by atoms with Gasteiger partial charge < -0.3 is 4.74 Å². The maximum Gasteiger partial charge on any atom is 0.246 e. The number of piperidine rings is 1. The minimum atomic E-state index is -3.46. The number of hydrogen-bond donors (Lipinski definition) is 0. The molecule has 1 aromatic rings. The van der Waals surface area contributed by atoms with Gasteiger partial charge in [-0.15, -0.1) is 0 Å². The summed E-state index contributed by atoms with van der Waals surface area (Å²) in [5.74, 6) is 0.320. The fourth-order valence-electron chi connectivity index (χ4n) is 3.64. The van der Waals surface area contributed by atoms with Gasteiger partial charge in [0.25, 0.3) is 0 Å². The number of hydrogen-bond acceptors (Lipinski definition) is 4. The van der Waals surface area contributed by atoms with E-state index in [0.717, 1.165) is 12.8 Å². The van der Waals surface area contributed by atoms with Gasteiger partial charge in [-0.3, -0.25) is 4.68 Å². The summed E-state index contributed by atoms with van der Waals surface area (Å²) in [6.07, 6.45) is 2.20. The molecule has 2 saturated heterocycles. The zero-order valence-electron chi connectivity index (χ0n) is 13.0. The van der Waals surface area contributed by atoms with E-state index in [4.69, 9.17) is 4.74 Å². The molecule has 0 unspecified atom stereocenters. The molecule has 21 heavy (non-hydrogen) atoms. The van der Waals surface area contributed by atoms with E-state index >= 15 is 0 Å². The normalized spacial score (nSPS) is 30.6. The number of aryl methyl sites for hydroxylation is 2. The van der Waals surface area contributed by atoms with Gasteiger partial charge >= 0.3 is 0 Å². The zero-order valence-corrected chi connectivity index (χ0v) is 13.9. The Balaban J connectivity index is 1.89. The van der Waals surface area contributed by atoms with Crippen LogP contribution < -0.4 is 0 Å². The Morgan fingerprint density at radius 2 is 2.05 bits per heavy atom. The van der Waals surface area contributed by atoms with Gasteiger partial charge in [0.1, 0.15) is 4.90 Å². The fourth-order valence-corrected chi connectivity index (χ4v) is 5.55. The summed E-state index contributed by atoms with van der Waals surface area (Å²) < 4.78 is 35.0. The van der Waals surface area contributed by atoms with Crippen LogP contribution in [0.5, 0.6) is 0 Å². The summed E-state index contributed by atoms with van der Waals surface area (Å²) in [5.41, 5.74) is 1.28. The zero-order chi connectivity index (χ0) is 15.4. The van der Waals surface area contributed by atoms with Crippen molar-refractivity contribution in [2.75, 3.05) is 13.1 Å². The maximum absolute atomic E-state index is 12.9. The quantitative estimate of drug-likeness (QED) is 0.823. The van der Waals surface area contributed by atoms with Crippen LogP contribution >= 0.6 is 0 Å². The van der Waals surface area contributed by atoms with Gasteiger partial charge in [-0.2, -0.15) is 9.40 Å².